The number of aliphatic hydroxyl groups is 1. The minimum atomic E-state index is -1.35. The zero-order valence-corrected chi connectivity index (χ0v) is 10.3. The Bertz CT molecular complexity index is 450. The molecule has 1 unspecified atom stereocenters. The number of hydrogen-bond acceptors (Lipinski definition) is 4. The lowest BCUT2D eigenvalue weighted by molar-refractivity contribution is -0.140. The predicted octanol–water partition coefficient (Wildman–Crippen LogP) is 0.207. The van der Waals surface area contributed by atoms with Crippen LogP contribution in [0.1, 0.15) is 10.4 Å². The van der Waals surface area contributed by atoms with Crippen molar-refractivity contribution < 1.29 is 19.8 Å². The van der Waals surface area contributed by atoms with Gasteiger partial charge in [-0.25, -0.2) is 4.79 Å². The molecule has 0 radical (unpaired) electrons. The second kappa shape index (κ2) is 5.65. The number of para-hydroxylation sites is 1. The van der Waals surface area contributed by atoms with Gasteiger partial charge in [0.1, 0.15) is 0 Å². The van der Waals surface area contributed by atoms with Crippen LogP contribution in [0.25, 0.3) is 0 Å². The van der Waals surface area contributed by atoms with Gasteiger partial charge in [0.25, 0.3) is 5.91 Å². The summed E-state index contributed by atoms with van der Waals surface area (Å²) in [5.74, 6) is -1.96. The van der Waals surface area contributed by atoms with Crippen molar-refractivity contribution in [1.82, 2.24) is 5.32 Å². The summed E-state index contributed by atoms with van der Waals surface area (Å²) in [4.78, 5) is 22.3. The average Bonchev–Trinajstić information content (AvgIpc) is 2.28. The maximum atomic E-state index is 11.7. The van der Waals surface area contributed by atoms with E-state index in [4.69, 9.17) is 15.9 Å². The molecule has 17 heavy (non-hydrogen) atoms. The second-order valence-corrected chi connectivity index (χ2v) is 4.10. The highest BCUT2D eigenvalue weighted by Crippen LogP contribution is 2.22. The van der Waals surface area contributed by atoms with E-state index in [1.807, 2.05) is 0 Å². The normalized spacial score (nSPS) is 11.9. The molecule has 1 aromatic carbocycles. The third-order valence-electron chi connectivity index (χ3n) is 2.08. The van der Waals surface area contributed by atoms with E-state index >= 15 is 0 Å². The van der Waals surface area contributed by atoms with Crippen LogP contribution in [0.2, 0.25) is 0 Å². The summed E-state index contributed by atoms with van der Waals surface area (Å²) in [6.07, 6.45) is 0. The van der Waals surface area contributed by atoms with Crippen molar-refractivity contribution in [3.8, 4) is 0 Å². The molecule has 1 amide bonds. The van der Waals surface area contributed by atoms with E-state index in [0.717, 1.165) is 0 Å². The van der Waals surface area contributed by atoms with Gasteiger partial charge in [-0.3, -0.25) is 4.79 Å². The first-order valence-corrected chi connectivity index (χ1v) is 5.45. The molecule has 0 fully saturated rings. The molecule has 1 atom stereocenters. The largest absolute Gasteiger partial charge is 0.480 e. The van der Waals surface area contributed by atoms with Gasteiger partial charge in [-0.15, -0.1) is 0 Å². The number of carbonyl (C=O) groups excluding carboxylic acids is 1. The Morgan fingerprint density at radius 3 is 2.65 bits per heavy atom. The first-order chi connectivity index (χ1) is 7.97. The Morgan fingerprint density at radius 1 is 1.47 bits per heavy atom. The zero-order valence-electron chi connectivity index (χ0n) is 8.68. The highest BCUT2D eigenvalue weighted by Gasteiger charge is 2.21. The Morgan fingerprint density at radius 2 is 2.12 bits per heavy atom. The highest BCUT2D eigenvalue weighted by atomic mass is 79.9. The van der Waals surface area contributed by atoms with Gasteiger partial charge in [0.2, 0.25) is 0 Å². The van der Waals surface area contributed by atoms with Crippen molar-refractivity contribution in [2.75, 3.05) is 12.3 Å². The Hall–Kier alpha value is -1.60. The first-order valence-electron chi connectivity index (χ1n) is 4.66. The van der Waals surface area contributed by atoms with Crippen molar-refractivity contribution in [3.63, 3.8) is 0 Å². The van der Waals surface area contributed by atoms with Gasteiger partial charge in [0, 0.05) is 4.47 Å². The van der Waals surface area contributed by atoms with Crippen LogP contribution in [0.15, 0.2) is 22.7 Å². The molecule has 0 aliphatic heterocycles. The number of halogens is 1. The SMILES string of the molecule is Nc1c(Br)cccc1C(=O)NC(CO)C(=O)O. The van der Waals surface area contributed by atoms with Crippen LogP contribution in [0.4, 0.5) is 5.69 Å². The summed E-state index contributed by atoms with van der Waals surface area (Å²) in [6.45, 7) is -0.686. The van der Waals surface area contributed by atoms with Crippen LogP contribution in [-0.2, 0) is 4.79 Å². The monoisotopic (exact) mass is 302 g/mol. The number of carboxylic acid groups (broad SMARTS) is 1. The van der Waals surface area contributed by atoms with Crippen molar-refractivity contribution >= 4 is 33.5 Å². The summed E-state index contributed by atoms with van der Waals surface area (Å²) >= 11 is 3.16. The number of aliphatic carboxylic acids is 1. The molecule has 0 aliphatic carbocycles. The van der Waals surface area contributed by atoms with Crippen LogP contribution >= 0.6 is 15.9 Å². The van der Waals surface area contributed by atoms with Crippen molar-refractivity contribution in [2.24, 2.45) is 0 Å². The lowest BCUT2D eigenvalue weighted by Crippen LogP contribution is -2.43. The van der Waals surface area contributed by atoms with Gasteiger partial charge in [-0.2, -0.15) is 0 Å². The molecule has 92 valence electrons. The van der Waals surface area contributed by atoms with Gasteiger partial charge in [-0.1, -0.05) is 6.07 Å². The van der Waals surface area contributed by atoms with Crippen molar-refractivity contribution in [3.05, 3.63) is 28.2 Å². The number of hydrogen-bond donors (Lipinski definition) is 4. The number of nitrogen functional groups attached to an aromatic ring is 1. The molecule has 0 saturated heterocycles. The molecule has 0 aromatic heterocycles. The third kappa shape index (κ3) is 3.18. The highest BCUT2D eigenvalue weighted by molar-refractivity contribution is 9.10. The van der Waals surface area contributed by atoms with Crippen LogP contribution in [0.5, 0.6) is 0 Å². The molecular weight excluding hydrogens is 292 g/mol. The second-order valence-electron chi connectivity index (χ2n) is 3.25. The van der Waals surface area contributed by atoms with E-state index in [1.165, 1.54) is 6.07 Å². The minimum Gasteiger partial charge on any atom is -0.480 e. The smallest absolute Gasteiger partial charge is 0.328 e. The maximum Gasteiger partial charge on any atom is 0.328 e. The lowest BCUT2D eigenvalue weighted by Gasteiger charge is -2.13. The Kier molecular flexibility index (Phi) is 4.47. The summed E-state index contributed by atoms with van der Waals surface area (Å²) in [5.41, 5.74) is 6.03. The van der Waals surface area contributed by atoms with E-state index in [2.05, 4.69) is 21.2 Å². The molecule has 5 N–H and O–H groups in total. The van der Waals surface area contributed by atoms with Gasteiger partial charge < -0.3 is 21.3 Å². The van der Waals surface area contributed by atoms with Crippen LogP contribution in [-0.4, -0.2) is 34.7 Å². The van der Waals surface area contributed by atoms with Crippen LogP contribution in [0.3, 0.4) is 0 Å². The van der Waals surface area contributed by atoms with E-state index < -0.39 is 24.5 Å². The van der Waals surface area contributed by atoms with Gasteiger partial charge in [0.15, 0.2) is 6.04 Å². The number of benzene rings is 1. The Labute approximate surface area is 106 Å². The zero-order chi connectivity index (χ0) is 13.0. The summed E-state index contributed by atoms with van der Waals surface area (Å²) in [5, 5.41) is 19.6. The molecule has 1 aromatic rings. The first kappa shape index (κ1) is 13.5. The average molecular weight is 303 g/mol. The molecule has 6 nitrogen and oxygen atoms in total. The van der Waals surface area contributed by atoms with E-state index in [-0.39, 0.29) is 11.3 Å². The number of nitrogens with one attached hydrogen (secondary N) is 1. The molecular formula is C10H11BrN2O4. The number of carbonyl (C=O) groups is 2. The fourth-order valence-electron chi connectivity index (χ4n) is 1.16. The number of nitrogens with two attached hydrogens (primary N) is 1. The Balaban J connectivity index is 2.90. The fourth-order valence-corrected chi connectivity index (χ4v) is 1.52. The van der Waals surface area contributed by atoms with Crippen LogP contribution < -0.4 is 11.1 Å². The summed E-state index contributed by atoms with van der Waals surface area (Å²) < 4.78 is 0.543. The molecule has 0 saturated carbocycles. The number of anilines is 1. The van der Waals surface area contributed by atoms with Crippen molar-refractivity contribution in [1.29, 1.82) is 0 Å². The number of rotatable bonds is 4. The minimum absolute atomic E-state index is 0.152. The predicted molar refractivity (Wildman–Crippen MR) is 64.5 cm³/mol. The molecule has 0 bridgehead atoms. The lowest BCUT2D eigenvalue weighted by atomic mass is 10.1. The van der Waals surface area contributed by atoms with Crippen LogP contribution in [0, 0.1) is 0 Å². The molecule has 7 heteroatoms. The topological polar surface area (TPSA) is 113 Å². The van der Waals surface area contributed by atoms with Gasteiger partial charge in [0.05, 0.1) is 17.9 Å². The number of aliphatic hydroxyl groups excluding tert-OH is 1. The van der Waals surface area contributed by atoms with E-state index in [1.54, 1.807) is 12.1 Å². The van der Waals surface area contributed by atoms with Gasteiger partial charge in [-0.05, 0) is 28.1 Å². The van der Waals surface area contributed by atoms with Gasteiger partial charge >= 0.3 is 5.97 Å². The maximum absolute atomic E-state index is 11.7. The summed E-state index contributed by atoms with van der Waals surface area (Å²) in [7, 11) is 0. The van der Waals surface area contributed by atoms with Crippen molar-refractivity contribution in [2.45, 2.75) is 6.04 Å². The number of carboxylic acids is 1. The standard InChI is InChI=1S/C10H11BrN2O4/c11-6-3-1-2-5(8(6)12)9(15)13-7(4-14)10(16)17/h1-3,7,14H,4,12H2,(H,13,15)(H,16,17). The fraction of sp³-hybridized carbons (Fsp3) is 0.200. The molecule has 0 spiro atoms. The third-order valence-corrected chi connectivity index (χ3v) is 2.78. The quantitative estimate of drug-likeness (QED) is 0.594. The number of amides is 1. The van der Waals surface area contributed by atoms with E-state index in [9.17, 15) is 9.59 Å². The molecule has 0 aliphatic rings. The van der Waals surface area contributed by atoms with E-state index in [0.29, 0.717) is 4.47 Å². The molecule has 1 rings (SSSR count). The molecule has 0 heterocycles. The summed E-state index contributed by atoms with van der Waals surface area (Å²) in [6, 6.07) is 3.38.